The zero-order chi connectivity index (χ0) is 40.0. The number of rotatable bonds is 8. The van der Waals surface area contributed by atoms with E-state index in [4.69, 9.17) is 24.4 Å². The normalized spacial score (nSPS) is 12.3. The second-order valence-electron chi connectivity index (χ2n) is 18.0. The molecule has 297 valence electrons. The molecule has 0 amide bonds. The molecule has 7 rings (SSSR count). The quantitative estimate of drug-likeness (QED) is 0.112. The van der Waals surface area contributed by atoms with Gasteiger partial charge in [-0.15, -0.1) is 53.6 Å². The number of benzene rings is 2. The Balaban J connectivity index is 0.000000223. The van der Waals surface area contributed by atoms with Gasteiger partial charge >= 0.3 is 0 Å². The minimum Gasteiger partial charge on any atom is -0.486 e. The van der Waals surface area contributed by atoms with E-state index in [1.54, 1.807) is 0 Å². The third kappa shape index (κ3) is 8.63. The third-order valence-electron chi connectivity index (χ3n) is 11.2. The number of furan rings is 1. The van der Waals surface area contributed by atoms with Gasteiger partial charge in [0.25, 0.3) is 0 Å². The first kappa shape index (κ1) is 43.2. The number of hydrogen-bond donors (Lipinski definition) is 0. The van der Waals surface area contributed by atoms with Gasteiger partial charge in [0.1, 0.15) is 0 Å². The number of fused-ring (bicyclic) bond motifs is 4. The van der Waals surface area contributed by atoms with Gasteiger partial charge in [-0.25, -0.2) is 4.98 Å². The number of imidazole rings is 1. The second kappa shape index (κ2) is 16.5. The van der Waals surface area contributed by atoms with Gasteiger partial charge in [0.15, 0.2) is 0 Å². The van der Waals surface area contributed by atoms with E-state index >= 15 is 0 Å². The molecule has 0 saturated heterocycles. The maximum absolute atomic E-state index is 6.42. The van der Waals surface area contributed by atoms with Crippen molar-refractivity contribution in [3.05, 3.63) is 101 Å². The van der Waals surface area contributed by atoms with Gasteiger partial charge in [0, 0.05) is 48.6 Å². The largest absolute Gasteiger partial charge is 0.486 e. The molecule has 56 heavy (non-hydrogen) atoms. The van der Waals surface area contributed by atoms with E-state index in [1.165, 1.54) is 23.6 Å². The molecule has 0 N–H and O–H groups in total. The van der Waals surface area contributed by atoms with Crippen LogP contribution in [0.25, 0.3) is 55.7 Å². The van der Waals surface area contributed by atoms with E-state index in [0.29, 0.717) is 17.0 Å². The Morgan fingerprint density at radius 1 is 0.893 bits per heavy atom. The maximum Gasteiger partial charge on any atom is 0.216 e. The van der Waals surface area contributed by atoms with E-state index in [0.717, 1.165) is 79.1 Å². The molecule has 0 aliphatic heterocycles. The summed E-state index contributed by atoms with van der Waals surface area (Å²) in [4.78, 5) is 19.4. The summed E-state index contributed by atoms with van der Waals surface area (Å²) in [5.41, 5.74) is 12.2. The van der Waals surface area contributed by atoms with Crippen LogP contribution in [0.15, 0.2) is 65.2 Å². The fourth-order valence-corrected chi connectivity index (χ4v) is 9.17. The first-order valence-electron chi connectivity index (χ1n) is 19.9. The Morgan fingerprint density at radius 3 is 2.21 bits per heavy atom. The van der Waals surface area contributed by atoms with Crippen LogP contribution in [0.4, 0.5) is 0 Å². The Morgan fingerprint density at radius 2 is 1.61 bits per heavy atom. The average Bonchev–Trinajstić information content (AvgIpc) is 3.72. The number of aromatic nitrogens is 5. The summed E-state index contributed by atoms with van der Waals surface area (Å²) in [7, 11) is -1.40. The summed E-state index contributed by atoms with van der Waals surface area (Å²) in [6, 6.07) is 25.5. The molecular formula is C48H59IrN5OSi-2. The summed E-state index contributed by atoms with van der Waals surface area (Å²) in [5, 5.41) is 3.62. The van der Waals surface area contributed by atoms with Crippen LogP contribution in [-0.2, 0) is 32.1 Å². The van der Waals surface area contributed by atoms with Crippen molar-refractivity contribution < 1.29 is 24.5 Å². The van der Waals surface area contributed by atoms with Gasteiger partial charge in [-0.3, -0.25) is 9.97 Å². The topological polar surface area (TPSA) is 69.6 Å². The molecule has 0 bridgehead atoms. The van der Waals surface area contributed by atoms with Crippen LogP contribution in [0.3, 0.4) is 0 Å². The van der Waals surface area contributed by atoms with Crippen LogP contribution < -0.4 is 5.19 Å². The van der Waals surface area contributed by atoms with Crippen LogP contribution in [-0.4, -0.2) is 32.6 Å². The summed E-state index contributed by atoms with van der Waals surface area (Å²) < 4.78 is 8.68. The third-order valence-corrected chi connectivity index (χ3v) is 13.2. The van der Waals surface area contributed by atoms with E-state index in [2.05, 4.69) is 148 Å². The Kier molecular flexibility index (Phi) is 12.7. The molecule has 0 fully saturated rings. The number of aryl methyl sites for hydroxylation is 3. The molecule has 0 atom stereocenters. The van der Waals surface area contributed by atoms with Crippen molar-refractivity contribution in [3.63, 3.8) is 0 Å². The minimum atomic E-state index is -1.40. The van der Waals surface area contributed by atoms with Crippen molar-refractivity contribution in [2.45, 2.75) is 127 Å². The second-order valence-corrected chi connectivity index (χ2v) is 23.0. The van der Waals surface area contributed by atoms with Gasteiger partial charge in [-0.2, -0.15) is 0 Å². The van der Waals surface area contributed by atoms with Crippen molar-refractivity contribution in [1.82, 2.24) is 24.5 Å². The molecule has 0 aliphatic carbocycles. The molecule has 0 unspecified atom stereocenters. The van der Waals surface area contributed by atoms with E-state index < -0.39 is 8.07 Å². The number of pyridine rings is 3. The summed E-state index contributed by atoms with van der Waals surface area (Å²) in [6.45, 7) is 31.3. The van der Waals surface area contributed by atoms with Crippen molar-refractivity contribution in [2.24, 2.45) is 5.41 Å². The molecule has 5 aromatic heterocycles. The SMILES string of the molecule is CCC(C)(CC)Cc1cc(-c2[c-]cccc2)ncc1[Si](C)(C)C.Cc1cc2nc(-c3[c-]cc(C)c4c3oc3nc(C(C)C)ccc34)n(C(C)(C)C)c2c(C)n1.[Ir]. The zero-order valence-electron chi connectivity index (χ0n) is 35.9. The first-order valence-corrected chi connectivity index (χ1v) is 23.4. The maximum atomic E-state index is 6.42. The van der Waals surface area contributed by atoms with Crippen molar-refractivity contribution in [3.8, 4) is 22.6 Å². The minimum absolute atomic E-state index is 0. The first-order chi connectivity index (χ1) is 25.8. The molecule has 7 aromatic rings. The van der Waals surface area contributed by atoms with Crippen LogP contribution in [0, 0.1) is 38.3 Å². The molecule has 8 heteroatoms. The van der Waals surface area contributed by atoms with E-state index in [9.17, 15) is 0 Å². The number of hydrogen-bond acceptors (Lipinski definition) is 5. The van der Waals surface area contributed by atoms with Crippen LogP contribution in [0.1, 0.15) is 102 Å². The fraction of sp³-hybridized carbons (Fsp3) is 0.417. The van der Waals surface area contributed by atoms with Gasteiger partial charge in [-0.05, 0) is 81.5 Å². The van der Waals surface area contributed by atoms with Crippen LogP contribution >= 0.6 is 0 Å². The van der Waals surface area contributed by atoms with Gasteiger partial charge in [0.05, 0.1) is 36.2 Å². The Hall–Kier alpha value is -3.97. The molecule has 6 nitrogen and oxygen atoms in total. The molecule has 2 aromatic carbocycles. The molecule has 0 aliphatic rings. The zero-order valence-corrected chi connectivity index (χ0v) is 39.3. The smallest absolute Gasteiger partial charge is 0.216 e. The molecule has 1 radical (unpaired) electrons. The van der Waals surface area contributed by atoms with E-state index in [1.807, 2.05) is 25.1 Å². The Labute approximate surface area is 349 Å². The standard InChI is InChI=1S/C27H29N4O.C21H30NSi.Ir/c1-14(2)20-12-11-18-22-15(3)9-10-19(24(22)32-26(18)30-20)25-29-21-13-16(4)28-17(5)23(21)31(25)27(6,7)8;1-7-21(3,8-2)15-18-14-19(17-12-10-9-11-13-17)22-16-20(18)23(4,5)6;/h9,11-14H,1-8H3;9-12,14,16H,7-8,15H2,1-6H3;/q2*-1;. The average molecular weight is 942 g/mol. The van der Waals surface area contributed by atoms with Gasteiger partial charge < -0.3 is 14.0 Å². The Bertz CT molecular complexity index is 2480. The monoisotopic (exact) mass is 942 g/mol. The predicted molar refractivity (Wildman–Crippen MR) is 234 cm³/mol. The van der Waals surface area contributed by atoms with Crippen LogP contribution in [0.5, 0.6) is 0 Å². The molecule has 5 heterocycles. The summed E-state index contributed by atoms with van der Waals surface area (Å²) in [6.07, 6.45) is 5.71. The fourth-order valence-electron chi connectivity index (χ4n) is 7.60. The van der Waals surface area contributed by atoms with Crippen molar-refractivity contribution in [1.29, 1.82) is 0 Å². The van der Waals surface area contributed by atoms with Crippen molar-refractivity contribution >= 4 is 46.4 Å². The molecule has 0 spiro atoms. The molecule has 0 saturated carbocycles. The predicted octanol–water partition coefficient (Wildman–Crippen LogP) is 12.5. The summed E-state index contributed by atoms with van der Waals surface area (Å²) >= 11 is 0. The van der Waals surface area contributed by atoms with Gasteiger partial charge in [-0.1, -0.05) is 96.6 Å². The summed E-state index contributed by atoms with van der Waals surface area (Å²) in [5.74, 6) is 1.18. The van der Waals surface area contributed by atoms with Gasteiger partial charge in [0.2, 0.25) is 5.71 Å². The van der Waals surface area contributed by atoms with Crippen LogP contribution in [0.2, 0.25) is 19.6 Å². The molecular weight excluding hydrogens is 883 g/mol. The van der Waals surface area contributed by atoms with Crippen molar-refractivity contribution in [2.75, 3.05) is 0 Å². The van der Waals surface area contributed by atoms with E-state index in [-0.39, 0.29) is 25.6 Å². The number of nitrogens with zero attached hydrogens (tertiary/aromatic N) is 5.